The number of anilines is 1. The highest BCUT2D eigenvalue weighted by Crippen LogP contribution is 2.37. The van der Waals surface area contributed by atoms with Crippen molar-refractivity contribution in [1.82, 2.24) is 0 Å². The lowest BCUT2D eigenvalue weighted by molar-refractivity contribution is 0.0529. The summed E-state index contributed by atoms with van der Waals surface area (Å²) in [4.78, 5) is 24.9. The van der Waals surface area contributed by atoms with Crippen molar-refractivity contribution in [3.05, 3.63) is 57.6 Å². The first-order chi connectivity index (χ1) is 12.6. The second-order valence-electron chi connectivity index (χ2n) is 5.27. The molecule has 7 heteroatoms. The molecule has 2 aromatic heterocycles. The lowest BCUT2D eigenvalue weighted by Gasteiger charge is -2.09. The van der Waals surface area contributed by atoms with Crippen molar-refractivity contribution in [3.63, 3.8) is 0 Å². The van der Waals surface area contributed by atoms with Crippen LogP contribution in [-0.2, 0) is 4.74 Å². The number of carbonyl (C=O) groups is 2. The van der Waals surface area contributed by atoms with Gasteiger partial charge >= 0.3 is 5.97 Å². The molecular weight excluding hydrogens is 370 g/mol. The molecule has 0 fully saturated rings. The summed E-state index contributed by atoms with van der Waals surface area (Å²) < 4.78 is 10.4. The molecule has 0 unspecified atom stereocenters. The van der Waals surface area contributed by atoms with Crippen molar-refractivity contribution >= 4 is 39.6 Å². The van der Waals surface area contributed by atoms with E-state index in [9.17, 15) is 9.59 Å². The third kappa shape index (κ3) is 3.79. The molecule has 0 spiro atoms. The van der Waals surface area contributed by atoms with Crippen molar-refractivity contribution in [3.8, 4) is 16.9 Å². The Bertz CT molecular complexity index is 898. The minimum Gasteiger partial charge on any atom is -0.497 e. The summed E-state index contributed by atoms with van der Waals surface area (Å²) in [6, 6.07) is 9.13. The van der Waals surface area contributed by atoms with E-state index in [1.165, 1.54) is 22.7 Å². The van der Waals surface area contributed by atoms with Crippen LogP contribution in [0.15, 0.2) is 46.5 Å². The van der Waals surface area contributed by atoms with Crippen LogP contribution in [0.2, 0.25) is 0 Å². The summed E-state index contributed by atoms with van der Waals surface area (Å²) in [5.74, 6) is 0.0211. The van der Waals surface area contributed by atoms with E-state index in [4.69, 9.17) is 9.47 Å². The molecule has 0 bridgehead atoms. The van der Waals surface area contributed by atoms with Crippen LogP contribution in [0.4, 0.5) is 5.00 Å². The van der Waals surface area contributed by atoms with E-state index in [-0.39, 0.29) is 12.5 Å². The summed E-state index contributed by atoms with van der Waals surface area (Å²) in [6.07, 6.45) is 0. The molecule has 0 atom stereocenters. The van der Waals surface area contributed by atoms with Crippen LogP contribution in [0.25, 0.3) is 11.1 Å². The van der Waals surface area contributed by atoms with Gasteiger partial charge in [0.1, 0.15) is 16.3 Å². The second-order valence-corrected chi connectivity index (χ2v) is 6.93. The Kier molecular flexibility index (Phi) is 5.70. The molecule has 0 saturated carbocycles. The fraction of sp³-hybridized carbons (Fsp3) is 0.158. The Morgan fingerprint density at radius 2 is 1.88 bits per heavy atom. The van der Waals surface area contributed by atoms with Crippen LogP contribution >= 0.6 is 22.7 Å². The molecule has 134 valence electrons. The van der Waals surface area contributed by atoms with E-state index in [0.29, 0.717) is 16.1 Å². The number of benzene rings is 1. The van der Waals surface area contributed by atoms with Gasteiger partial charge in [0, 0.05) is 16.3 Å². The van der Waals surface area contributed by atoms with Gasteiger partial charge < -0.3 is 14.8 Å². The quantitative estimate of drug-likeness (QED) is 0.610. The fourth-order valence-corrected chi connectivity index (χ4v) is 4.00. The maximum Gasteiger partial charge on any atom is 0.341 e. The van der Waals surface area contributed by atoms with Crippen LogP contribution in [0.5, 0.6) is 5.75 Å². The molecule has 1 aromatic carbocycles. The molecule has 26 heavy (non-hydrogen) atoms. The van der Waals surface area contributed by atoms with E-state index in [1.807, 2.05) is 35.0 Å². The third-order valence-corrected chi connectivity index (χ3v) is 5.26. The Balaban J connectivity index is 1.97. The van der Waals surface area contributed by atoms with E-state index in [0.717, 1.165) is 16.9 Å². The van der Waals surface area contributed by atoms with Gasteiger partial charge in [-0.2, -0.15) is 11.3 Å². The number of carbonyl (C=O) groups excluding carboxylic acids is 2. The van der Waals surface area contributed by atoms with Crippen molar-refractivity contribution in [2.45, 2.75) is 6.92 Å². The summed E-state index contributed by atoms with van der Waals surface area (Å²) >= 11 is 2.74. The number of esters is 1. The molecule has 0 saturated heterocycles. The van der Waals surface area contributed by atoms with Gasteiger partial charge in [-0.15, -0.1) is 11.3 Å². The van der Waals surface area contributed by atoms with Crippen LogP contribution in [-0.4, -0.2) is 25.6 Å². The fourth-order valence-electron chi connectivity index (χ4n) is 2.41. The molecule has 1 N–H and O–H groups in total. The first-order valence-corrected chi connectivity index (χ1v) is 9.72. The Morgan fingerprint density at radius 1 is 1.12 bits per heavy atom. The number of methoxy groups -OCH3 is 1. The molecule has 3 rings (SSSR count). The SMILES string of the molecule is CCOC(=O)c1c(-c2ccc(OC)cc2)csc1NC(=O)c1ccsc1. The molecule has 3 aromatic rings. The molecule has 0 aliphatic rings. The van der Waals surface area contributed by atoms with Crippen LogP contribution in [0.3, 0.4) is 0 Å². The van der Waals surface area contributed by atoms with Gasteiger partial charge in [0.15, 0.2) is 0 Å². The van der Waals surface area contributed by atoms with Gasteiger partial charge in [0.25, 0.3) is 5.91 Å². The van der Waals surface area contributed by atoms with Crippen molar-refractivity contribution in [2.75, 3.05) is 19.0 Å². The van der Waals surface area contributed by atoms with Gasteiger partial charge in [-0.05, 0) is 36.1 Å². The standard InChI is InChI=1S/C19H17NO4S2/c1-3-24-19(22)16-15(12-4-6-14(23-2)7-5-12)11-26-18(16)20-17(21)13-8-9-25-10-13/h4-11H,3H2,1-2H3,(H,20,21). The normalized spacial score (nSPS) is 10.4. The number of rotatable bonds is 6. The number of hydrogen-bond acceptors (Lipinski definition) is 6. The molecule has 0 aliphatic heterocycles. The van der Waals surface area contributed by atoms with Crippen LogP contribution < -0.4 is 10.1 Å². The van der Waals surface area contributed by atoms with Crippen LogP contribution in [0, 0.1) is 0 Å². The zero-order valence-corrected chi connectivity index (χ0v) is 15.9. The molecule has 0 radical (unpaired) electrons. The topological polar surface area (TPSA) is 64.6 Å². The number of ether oxygens (including phenoxy) is 2. The minimum absolute atomic E-state index is 0.250. The monoisotopic (exact) mass is 387 g/mol. The highest BCUT2D eigenvalue weighted by atomic mass is 32.1. The Morgan fingerprint density at radius 3 is 2.50 bits per heavy atom. The van der Waals surface area contributed by atoms with Crippen molar-refractivity contribution < 1.29 is 19.1 Å². The molecular formula is C19H17NO4S2. The number of hydrogen-bond donors (Lipinski definition) is 1. The zero-order chi connectivity index (χ0) is 18.5. The maximum absolute atomic E-state index is 12.5. The van der Waals surface area contributed by atoms with Gasteiger partial charge in [0.2, 0.25) is 0 Å². The first kappa shape index (κ1) is 18.2. The minimum atomic E-state index is -0.458. The molecule has 5 nitrogen and oxygen atoms in total. The predicted octanol–water partition coefficient (Wildman–Crippen LogP) is 4.91. The first-order valence-electron chi connectivity index (χ1n) is 7.90. The molecule has 2 heterocycles. The maximum atomic E-state index is 12.5. The Labute approximate surface area is 159 Å². The zero-order valence-electron chi connectivity index (χ0n) is 14.3. The Hall–Kier alpha value is -2.64. The van der Waals surface area contributed by atoms with E-state index in [2.05, 4.69) is 5.32 Å². The average molecular weight is 387 g/mol. The molecule has 0 aliphatic carbocycles. The summed E-state index contributed by atoms with van der Waals surface area (Å²) in [7, 11) is 1.60. The second kappa shape index (κ2) is 8.16. The number of amides is 1. The van der Waals surface area contributed by atoms with Gasteiger partial charge in [0.05, 0.1) is 19.3 Å². The smallest absolute Gasteiger partial charge is 0.341 e. The third-order valence-electron chi connectivity index (χ3n) is 3.68. The van der Waals surface area contributed by atoms with Gasteiger partial charge in [-0.3, -0.25) is 4.79 Å². The van der Waals surface area contributed by atoms with Gasteiger partial charge in [-0.1, -0.05) is 12.1 Å². The summed E-state index contributed by atoms with van der Waals surface area (Å²) in [5.41, 5.74) is 2.49. The van der Waals surface area contributed by atoms with E-state index < -0.39 is 5.97 Å². The van der Waals surface area contributed by atoms with E-state index in [1.54, 1.807) is 25.5 Å². The number of thiophene rings is 2. The average Bonchev–Trinajstić information content (AvgIpc) is 3.32. The lowest BCUT2D eigenvalue weighted by Crippen LogP contribution is -2.14. The van der Waals surface area contributed by atoms with E-state index >= 15 is 0 Å². The highest BCUT2D eigenvalue weighted by molar-refractivity contribution is 7.15. The molecule has 1 amide bonds. The summed E-state index contributed by atoms with van der Waals surface area (Å²) in [5, 5.41) is 8.74. The van der Waals surface area contributed by atoms with Crippen molar-refractivity contribution in [2.24, 2.45) is 0 Å². The van der Waals surface area contributed by atoms with Gasteiger partial charge in [-0.25, -0.2) is 4.79 Å². The lowest BCUT2D eigenvalue weighted by atomic mass is 10.0. The summed E-state index contributed by atoms with van der Waals surface area (Å²) in [6.45, 7) is 2.01. The largest absolute Gasteiger partial charge is 0.497 e. The van der Waals surface area contributed by atoms with Crippen molar-refractivity contribution in [1.29, 1.82) is 0 Å². The number of nitrogens with one attached hydrogen (secondary N) is 1. The highest BCUT2D eigenvalue weighted by Gasteiger charge is 2.23. The predicted molar refractivity (Wildman–Crippen MR) is 105 cm³/mol. The van der Waals surface area contributed by atoms with Crippen LogP contribution in [0.1, 0.15) is 27.6 Å².